The van der Waals surface area contributed by atoms with Gasteiger partial charge in [0.05, 0.1) is 36.1 Å². The van der Waals surface area contributed by atoms with E-state index >= 15 is 0 Å². The van der Waals surface area contributed by atoms with E-state index in [0.29, 0.717) is 22.5 Å². The lowest BCUT2D eigenvalue weighted by atomic mass is 10.1. The molecule has 0 bridgehead atoms. The Balaban J connectivity index is 1.81. The molecule has 20 heavy (non-hydrogen) atoms. The fourth-order valence-corrected chi connectivity index (χ4v) is 3.15. The van der Waals surface area contributed by atoms with Crippen LogP contribution < -0.4 is 10.2 Å². The van der Waals surface area contributed by atoms with Crippen molar-refractivity contribution in [1.82, 2.24) is 5.32 Å². The third kappa shape index (κ3) is 4.11. The van der Waals surface area contributed by atoms with E-state index in [2.05, 4.69) is 12.2 Å². The first kappa shape index (κ1) is 15.6. The number of likely N-dealkylation sites (N-methyl/N-ethyl adjacent to an activating group) is 1. The minimum absolute atomic E-state index is 0.0470. The van der Waals surface area contributed by atoms with Crippen LogP contribution >= 0.6 is 23.2 Å². The molecule has 1 aromatic rings. The lowest BCUT2D eigenvalue weighted by Gasteiger charge is -2.20. The average molecular weight is 316 g/mol. The standard InChI is InChI=1S/C15H20Cl2N2O/c1-2-19-7-3-4-12(19)10-18-15(20)9-11-5-6-13(16)14(17)8-11/h5-6,8,12H,2-4,7,9-10H2,1H3,(H,18,20)/p+1/t12-/m1/s1. The van der Waals surface area contributed by atoms with Crippen molar-refractivity contribution in [3.05, 3.63) is 33.8 Å². The number of halogens is 2. The van der Waals surface area contributed by atoms with Crippen LogP contribution in [0.15, 0.2) is 18.2 Å². The summed E-state index contributed by atoms with van der Waals surface area (Å²) in [6.45, 7) is 5.33. The van der Waals surface area contributed by atoms with E-state index < -0.39 is 0 Å². The molecule has 1 amide bonds. The number of nitrogens with one attached hydrogen (secondary N) is 2. The maximum absolute atomic E-state index is 12.0. The zero-order valence-electron chi connectivity index (χ0n) is 11.7. The summed E-state index contributed by atoms with van der Waals surface area (Å²) in [5.41, 5.74) is 0.892. The van der Waals surface area contributed by atoms with Crippen molar-refractivity contribution in [3.63, 3.8) is 0 Å². The van der Waals surface area contributed by atoms with Crippen molar-refractivity contribution in [2.24, 2.45) is 0 Å². The van der Waals surface area contributed by atoms with Crippen molar-refractivity contribution in [3.8, 4) is 0 Å². The fraction of sp³-hybridized carbons (Fsp3) is 0.533. The van der Waals surface area contributed by atoms with Gasteiger partial charge < -0.3 is 10.2 Å². The fourth-order valence-electron chi connectivity index (χ4n) is 2.83. The number of benzene rings is 1. The summed E-state index contributed by atoms with van der Waals surface area (Å²) in [7, 11) is 0. The highest BCUT2D eigenvalue weighted by Gasteiger charge is 2.26. The normalized spacial score (nSPS) is 21.9. The van der Waals surface area contributed by atoms with E-state index in [0.717, 1.165) is 18.7 Å². The number of amides is 1. The van der Waals surface area contributed by atoms with E-state index in [1.165, 1.54) is 19.4 Å². The Bertz CT molecular complexity index is 479. The maximum Gasteiger partial charge on any atom is 0.224 e. The first-order valence-corrected chi connectivity index (χ1v) is 7.91. The predicted molar refractivity (Wildman–Crippen MR) is 82.6 cm³/mol. The van der Waals surface area contributed by atoms with Gasteiger partial charge in [-0.3, -0.25) is 4.79 Å². The van der Waals surface area contributed by atoms with Crippen molar-refractivity contribution in [2.45, 2.75) is 32.2 Å². The van der Waals surface area contributed by atoms with Crippen molar-refractivity contribution in [1.29, 1.82) is 0 Å². The number of rotatable bonds is 5. The molecule has 1 unspecified atom stereocenters. The van der Waals surface area contributed by atoms with Crippen LogP contribution in [0.4, 0.5) is 0 Å². The molecule has 1 aliphatic rings. The van der Waals surface area contributed by atoms with Crippen LogP contribution in [0.1, 0.15) is 25.3 Å². The summed E-state index contributed by atoms with van der Waals surface area (Å²) in [4.78, 5) is 13.6. The first-order chi connectivity index (χ1) is 9.60. The molecule has 1 aromatic carbocycles. The first-order valence-electron chi connectivity index (χ1n) is 7.15. The summed E-state index contributed by atoms with van der Waals surface area (Å²) in [6.07, 6.45) is 2.82. The zero-order chi connectivity index (χ0) is 14.5. The molecule has 2 N–H and O–H groups in total. The van der Waals surface area contributed by atoms with Gasteiger partial charge >= 0.3 is 0 Å². The number of likely N-dealkylation sites (tertiary alicyclic amines) is 1. The number of carbonyl (C=O) groups excluding carboxylic acids is 1. The van der Waals surface area contributed by atoms with Gasteiger partial charge in [0.15, 0.2) is 0 Å². The van der Waals surface area contributed by atoms with Gasteiger partial charge in [0.25, 0.3) is 0 Å². The molecule has 0 aromatic heterocycles. The van der Waals surface area contributed by atoms with Crippen LogP contribution in [-0.2, 0) is 11.2 Å². The number of quaternary nitrogens is 1. The maximum atomic E-state index is 12.0. The van der Waals surface area contributed by atoms with Gasteiger partial charge in [-0.25, -0.2) is 0 Å². The van der Waals surface area contributed by atoms with E-state index in [4.69, 9.17) is 23.2 Å². The van der Waals surface area contributed by atoms with Crippen molar-refractivity contribution in [2.75, 3.05) is 19.6 Å². The van der Waals surface area contributed by atoms with Crippen LogP contribution in [0.3, 0.4) is 0 Å². The van der Waals surface area contributed by atoms with Gasteiger partial charge in [-0.2, -0.15) is 0 Å². The summed E-state index contributed by atoms with van der Waals surface area (Å²) in [6, 6.07) is 5.89. The Morgan fingerprint density at radius 2 is 2.20 bits per heavy atom. The van der Waals surface area contributed by atoms with Crippen LogP contribution in [0.5, 0.6) is 0 Å². The summed E-state index contributed by atoms with van der Waals surface area (Å²) in [5.74, 6) is 0.0470. The Kier molecular flexibility index (Phi) is 5.70. The lowest BCUT2D eigenvalue weighted by Crippen LogP contribution is -3.14. The molecule has 110 valence electrons. The van der Waals surface area contributed by atoms with Crippen molar-refractivity contribution < 1.29 is 9.69 Å². The number of hydrogen-bond donors (Lipinski definition) is 2. The second-order valence-corrected chi connectivity index (χ2v) is 6.14. The minimum Gasteiger partial charge on any atom is -0.350 e. The molecule has 0 saturated carbocycles. The SMILES string of the molecule is CC[NH+]1CCC[C@@H]1CNC(=O)Cc1ccc(Cl)c(Cl)c1. The molecule has 1 fully saturated rings. The summed E-state index contributed by atoms with van der Waals surface area (Å²) in [5, 5.41) is 4.05. The molecule has 1 heterocycles. The molecular weight excluding hydrogens is 295 g/mol. The molecule has 5 heteroatoms. The molecule has 0 spiro atoms. The van der Waals surface area contributed by atoms with Crippen LogP contribution in [0.2, 0.25) is 10.0 Å². The van der Waals surface area contributed by atoms with Gasteiger partial charge in [0.1, 0.15) is 6.04 Å². The molecule has 0 radical (unpaired) electrons. The van der Waals surface area contributed by atoms with Gasteiger partial charge in [0, 0.05) is 12.8 Å². The number of carbonyl (C=O) groups is 1. The van der Waals surface area contributed by atoms with Gasteiger partial charge in [-0.05, 0) is 24.6 Å². The Morgan fingerprint density at radius 3 is 2.90 bits per heavy atom. The Morgan fingerprint density at radius 1 is 1.40 bits per heavy atom. The quantitative estimate of drug-likeness (QED) is 0.852. The van der Waals surface area contributed by atoms with E-state index in [1.54, 1.807) is 17.0 Å². The minimum atomic E-state index is 0.0470. The highest BCUT2D eigenvalue weighted by Crippen LogP contribution is 2.22. The van der Waals surface area contributed by atoms with Crippen LogP contribution in [0, 0.1) is 0 Å². The summed E-state index contributed by atoms with van der Waals surface area (Å²) < 4.78 is 0. The highest BCUT2D eigenvalue weighted by molar-refractivity contribution is 6.42. The van der Waals surface area contributed by atoms with Gasteiger partial charge in [-0.1, -0.05) is 29.3 Å². The highest BCUT2D eigenvalue weighted by atomic mass is 35.5. The van der Waals surface area contributed by atoms with Gasteiger partial charge in [0.2, 0.25) is 5.91 Å². The van der Waals surface area contributed by atoms with Gasteiger partial charge in [-0.15, -0.1) is 0 Å². The monoisotopic (exact) mass is 315 g/mol. The van der Waals surface area contributed by atoms with E-state index in [1.807, 2.05) is 6.07 Å². The Hall–Kier alpha value is -0.770. The summed E-state index contributed by atoms with van der Waals surface area (Å²) >= 11 is 11.8. The van der Waals surface area contributed by atoms with Crippen LogP contribution in [0.25, 0.3) is 0 Å². The molecule has 2 atom stereocenters. The topological polar surface area (TPSA) is 33.5 Å². The zero-order valence-corrected chi connectivity index (χ0v) is 13.2. The second-order valence-electron chi connectivity index (χ2n) is 5.33. The molecule has 1 aliphatic heterocycles. The molecule has 3 nitrogen and oxygen atoms in total. The second kappa shape index (κ2) is 7.30. The van der Waals surface area contributed by atoms with E-state index in [9.17, 15) is 4.79 Å². The van der Waals surface area contributed by atoms with Crippen molar-refractivity contribution >= 4 is 29.1 Å². The van der Waals surface area contributed by atoms with E-state index in [-0.39, 0.29) is 5.91 Å². The third-order valence-electron chi connectivity index (χ3n) is 3.98. The third-order valence-corrected chi connectivity index (χ3v) is 4.72. The Labute approximate surface area is 130 Å². The largest absolute Gasteiger partial charge is 0.350 e. The number of hydrogen-bond acceptors (Lipinski definition) is 1. The van der Waals surface area contributed by atoms with Crippen LogP contribution in [-0.4, -0.2) is 31.6 Å². The molecular formula is C15H21Cl2N2O+. The smallest absolute Gasteiger partial charge is 0.224 e. The molecule has 2 rings (SSSR count). The molecule has 0 aliphatic carbocycles. The lowest BCUT2D eigenvalue weighted by molar-refractivity contribution is -0.909. The predicted octanol–water partition coefficient (Wildman–Crippen LogP) is 1.72. The average Bonchev–Trinajstić information content (AvgIpc) is 2.88. The molecule has 1 saturated heterocycles.